The van der Waals surface area contributed by atoms with Crippen LogP contribution in [0.1, 0.15) is 0 Å². The molecule has 0 aliphatic heterocycles. The second-order valence-electron chi connectivity index (χ2n) is 0. The second-order valence-corrected chi connectivity index (χ2v) is 0. The molecular weight excluding hydrogens is 240 g/mol. The van der Waals surface area contributed by atoms with Crippen LogP contribution in [0.5, 0.6) is 0 Å². The van der Waals surface area contributed by atoms with E-state index in [1.165, 1.54) is 0 Å². The molecule has 0 nitrogen and oxygen atoms in total. The van der Waals surface area contributed by atoms with Gasteiger partial charge in [-0.05, 0) is 0 Å². The Hall–Kier alpha value is 1.27. The van der Waals surface area contributed by atoms with Crippen molar-refractivity contribution >= 4 is 0 Å². The summed E-state index contributed by atoms with van der Waals surface area (Å²) >= 11 is 0. The van der Waals surface area contributed by atoms with Crippen LogP contribution >= 0.6 is 0 Å². The van der Waals surface area contributed by atoms with Gasteiger partial charge < -0.3 is 23.5 Å². The van der Waals surface area contributed by atoms with E-state index in [0.717, 1.165) is 0 Å². The van der Waals surface area contributed by atoms with Gasteiger partial charge in [-0.3, -0.25) is 0 Å². The van der Waals surface area contributed by atoms with E-state index in [2.05, 4.69) is 0 Å². The maximum absolute atomic E-state index is 0. The zero-order chi connectivity index (χ0) is 0. The van der Waals surface area contributed by atoms with Crippen LogP contribution in [0, 0.1) is 0 Å². The Kier molecular flexibility index (Phi) is 6810. The first-order chi connectivity index (χ1) is 0. The molecular formula is F5FeY. The van der Waals surface area contributed by atoms with E-state index >= 15 is 0 Å². The summed E-state index contributed by atoms with van der Waals surface area (Å²) in [7, 11) is 0. The minimum atomic E-state index is 0. The van der Waals surface area contributed by atoms with Gasteiger partial charge in [-0.1, -0.05) is 0 Å². The van der Waals surface area contributed by atoms with Crippen LogP contribution in [-0.4, -0.2) is 0 Å². The molecule has 0 fully saturated rings. The van der Waals surface area contributed by atoms with E-state index in [1.54, 1.807) is 0 Å². The molecule has 0 atom stereocenters. The van der Waals surface area contributed by atoms with Crippen molar-refractivity contribution in [2.75, 3.05) is 0 Å². The van der Waals surface area contributed by atoms with E-state index in [9.17, 15) is 0 Å². The zero-order valence-corrected chi connectivity index (χ0v) is 6.76. The van der Waals surface area contributed by atoms with Gasteiger partial charge in [0, 0.05) is 0 Å². The first-order valence-corrected chi connectivity index (χ1v) is 0. The minimum absolute atomic E-state index is 0. The Morgan fingerprint density at radius 2 is 0.429 bits per heavy atom. The number of hydrogen-bond acceptors (Lipinski definition) is 0. The summed E-state index contributed by atoms with van der Waals surface area (Å²) < 4.78 is 0. The number of rotatable bonds is 0. The molecule has 46 valence electrons. The number of halogens is 5. The average molecular weight is 240 g/mol. The molecule has 0 saturated carbocycles. The van der Waals surface area contributed by atoms with Gasteiger partial charge in [-0.25, -0.2) is 0 Å². The molecule has 0 rings (SSSR count). The topological polar surface area (TPSA) is 0 Å². The maximum Gasteiger partial charge on any atom is 3.00 e. The molecule has 0 aromatic heterocycles. The first-order valence-electron chi connectivity index (χ1n) is 0. The van der Waals surface area contributed by atoms with Gasteiger partial charge in [0.25, 0.3) is 0 Å². The zero-order valence-electron chi connectivity index (χ0n) is 2.82. The summed E-state index contributed by atoms with van der Waals surface area (Å²) in [6, 6.07) is 0. The molecule has 0 radical (unpaired) electrons. The minimum Gasteiger partial charge on any atom is -1.00 e. The van der Waals surface area contributed by atoms with Gasteiger partial charge >= 0.3 is 49.8 Å². The average Bonchev–Trinajstić information content (AvgIpc) is 0. The van der Waals surface area contributed by atoms with Crippen LogP contribution in [0.4, 0.5) is 0 Å². The van der Waals surface area contributed by atoms with Crippen molar-refractivity contribution in [3.8, 4) is 0 Å². The van der Waals surface area contributed by atoms with Crippen molar-refractivity contribution in [2.45, 2.75) is 0 Å². The van der Waals surface area contributed by atoms with Crippen molar-refractivity contribution < 1.29 is 73.3 Å². The van der Waals surface area contributed by atoms with Crippen LogP contribution in [0.15, 0.2) is 0 Å². The van der Waals surface area contributed by atoms with Crippen molar-refractivity contribution in [1.29, 1.82) is 0 Å². The molecule has 0 N–H and O–H groups in total. The summed E-state index contributed by atoms with van der Waals surface area (Å²) in [5, 5.41) is 0. The van der Waals surface area contributed by atoms with E-state index in [0.29, 0.717) is 0 Å². The maximum atomic E-state index is 0. The number of hydrogen-bond donors (Lipinski definition) is 0. The van der Waals surface area contributed by atoms with Crippen molar-refractivity contribution in [3.05, 3.63) is 0 Å². The molecule has 7 heteroatoms. The van der Waals surface area contributed by atoms with Gasteiger partial charge in [0.1, 0.15) is 0 Å². The molecule has 0 spiro atoms. The Morgan fingerprint density at radius 3 is 0.429 bits per heavy atom. The normalized spacial score (nSPS) is 0. The van der Waals surface area contributed by atoms with Crippen LogP contribution in [0.25, 0.3) is 0 Å². The molecule has 0 heterocycles. The molecule has 0 bridgehead atoms. The third-order valence-corrected chi connectivity index (χ3v) is 0. The fourth-order valence-corrected chi connectivity index (χ4v) is 0. The summed E-state index contributed by atoms with van der Waals surface area (Å²) in [5.74, 6) is 0. The van der Waals surface area contributed by atoms with Gasteiger partial charge in [-0.15, -0.1) is 0 Å². The van der Waals surface area contributed by atoms with Crippen molar-refractivity contribution in [2.24, 2.45) is 0 Å². The van der Waals surface area contributed by atoms with E-state index in [4.69, 9.17) is 0 Å². The van der Waals surface area contributed by atoms with E-state index < -0.39 is 0 Å². The van der Waals surface area contributed by atoms with Gasteiger partial charge in [0.15, 0.2) is 0 Å². The standard InChI is InChI=1S/5FH.Fe.Y/h5*1H;;/q;;;;;+2;+3/p-5. The van der Waals surface area contributed by atoms with Gasteiger partial charge in [0.05, 0.1) is 0 Å². The van der Waals surface area contributed by atoms with E-state index in [1.807, 2.05) is 0 Å². The molecule has 0 aromatic carbocycles. The molecule has 0 aliphatic carbocycles. The molecule has 7 heavy (non-hydrogen) atoms. The predicted molar refractivity (Wildman–Crippen MR) is 0 cm³/mol. The summed E-state index contributed by atoms with van der Waals surface area (Å²) in [6.45, 7) is 0. The monoisotopic (exact) mass is 240 g/mol. The Balaban J connectivity index is 0. The largest absolute Gasteiger partial charge is 3.00 e. The van der Waals surface area contributed by atoms with Crippen molar-refractivity contribution in [3.63, 3.8) is 0 Å². The fraction of sp³-hybridized carbons (Fsp3) is 0. The first kappa shape index (κ1) is 270. The quantitative estimate of drug-likeness (QED) is 0.291. The van der Waals surface area contributed by atoms with E-state index in [-0.39, 0.29) is 73.3 Å². The summed E-state index contributed by atoms with van der Waals surface area (Å²) in [5.41, 5.74) is 0. The third kappa shape index (κ3) is 125. The van der Waals surface area contributed by atoms with Crippen LogP contribution in [-0.2, 0) is 49.8 Å². The van der Waals surface area contributed by atoms with Gasteiger partial charge in [-0.2, -0.15) is 0 Å². The van der Waals surface area contributed by atoms with Crippen LogP contribution < -0.4 is 23.5 Å². The Morgan fingerprint density at radius 1 is 0.429 bits per heavy atom. The molecule has 0 aliphatic rings. The summed E-state index contributed by atoms with van der Waals surface area (Å²) in [4.78, 5) is 0. The predicted octanol–water partition coefficient (Wildman–Crippen LogP) is -15.0. The fourth-order valence-electron chi connectivity index (χ4n) is 0. The third-order valence-electron chi connectivity index (χ3n) is 0. The summed E-state index contributed by atoms with van der Waals surface area (Å²) in [6.07, 6.45) is 0. The Bertz CT molecular complexity index is 8.04. The molecule has 0 aromatic rings. The van der Waals surface area contributed by atoms with Crippen molar-refractivity contribution in [1.82, 2.24) is 0 Å². The van der Waals surface area contributed by atoms with Gasteiger partial charge in [0.2, 0.25) is 0 Å². The SMILES string of the molecule is [F-].[F-].[F-].[F-].[F-].[Fe+2].[Y+3]. The second kappa shape index (κ2) is 177. The molecule has 0 amide bonds. The molecule has 0 saturated heterocycles. The van der Waals surface area contributed by atoms with Crippen LogP contribution in [0.2, 0.25) is 0 Å². The Labute approximate surface area is 73.0 Å². The van der Waals surface area contributed by atoms with Crippen LogP contribution in [0.3, 0.4) is 0 Å². The molecule has 0 unspecified atom stereocenters. The smallest absolute Gasteiger partial charge is 1.00 e.